The molecule has 0 radical (unpaired) electrons. The largest absolute Gasteiger partial charge is 0.497 e. The average molecular weight is 248 g/mol. The molecule has 2 rings (SSSR count). The van der Waals surface area contributed by atoms with Crippen LogP contribution in [-0.4, -0.2) is 44.7 Å². The molecular weight excluding hydrogens is 224 g/mol. The zero-order chi connectivity index (χ0) is 13.0. The van der Waals surface area contributed by atoms with Crippen LogP contribution < -0.4 is 10.1 Å². The van der Waals surface area contributed by atoms with Crippen LogP contribution in [0.5, 0.6) is 5.75 Å². The summed E-state index contributed by atoms with van der Waals surface area (Å²) in [7, 11) is 3.93. The lowest BCUT2D eigenvalue weighted by atomic mass is 9.88. The van der Waals surface area contributed by atoms with Gasteiger partial charge in [-0.1, -0.05) is 19.1 Å². The molecule has 1 aromatic carbocycles. The van der Waals surface area contributed by atoms with Crippen LogP contribution in [0, 0.1) is 0 Å². The summed E-state index contributed by atoms with van der Waals surface area (Å²) in [6.45, 7) is 5.50. The van der Waals surface area contributed by atoms with E-state index in [0.717, 1.165) is 25.4 Å². The van der Waals surface area contributed by atoms with Crippen molar-refractivity contribution in [3.63, 3.8) is 0 Å². The quantitative estimate of drug-likeness (QED) is 0.883. The lowest BCUT2D eigenvalue weighted by molar-refractivity contribution is 0.206. The topological polar surface area (TPSA) is 24.5 Å². The van der Waals surface area contributed by atoms with E-state index in [0.29, 0.717) is 12.0 Å². The maximum atomic E-state index is 5.32. The van der Waals surface area contributed by atoms with E-state index >= 15 is 0 Å². The number of nitrogens with zero attached hydrogens (tertiary/aromatic N) is 1. The predicted molar refractivity (Wildman–Crippen MR) is 75.3 cm³/mol. The molecule has 0 amide bonds. The number of hydrogen-bond acceptors (Lipinski definition) is 3. The van der Waals surface area contributed by atoms with Crippen molar-refractivity contribution >= 4 is 0 Å². The molecule has 0 saturated carbocycles. The number of nitrogens with one attached hydrogen (secondary N) is 1. The van der Waals surface area contributed by atoms with E-state index in [2.05, 4.69) is 42.4 Å². The molecule has 100 valence electrons. The number of likely N-dealkylation sites (N-methyl/N-ethyl adjacent to an activating group) is 2. The Bertz CT molecular complexity index is 381. The molecule has 1 aliphatic heterocycles. The van der Waals surface area contributed by atoms with Crippen molar-refractivity contribution in [3.8, 4) is 5.75 Å². The molecule has 3 heteroatoms. The fraction of sp³-hybridized carbons (Fsp3) is 0.600. The highest BCUT2D eigenvalue weighted by Crippen LogP contribution is 2.28. The molecule has 1 aliphatic rings. The molecular formula is C15H24N2O. The zero-order valence-corrected chi connectivity index (χ0v) is 11.6. The van der Waals surface area contributed by atoms with E-state index in [9.17, 15) is 0 Å². The molecule has 0 bridgehead atoms. The van der Waals surface area contributed by atoms with Gasteiger partial charge in [-0.3, -0.25) is 0 Å². The summed E-state index contributed by atoms with van der Waals surface area (Å²) < 4.78 is 5.32. The first-order chi connectivity index (χ1) is 8.72. The maximum Gasteiger partial charge on any atom is 0.119 e. The van der Waals surface area contributed by atoms with E-state index in [4.69, 9.17) is 4.74 Å². The van der Waals surface area contributed by atoms with Gasteiger partial charge in [0.15, 0.2) is 0 Å². The summed E-state index contributed by atoms with van der Waals surface area (Å²) in [6, 6.07) is 9.09. The number of benzene rings is 1. The van der Waals surface area contributed by atoms with Crippen LogP contribution in [0.2, 0.25) is 0 Å². The van der Waals surface area contributed by atoms with Crippen molar-refractivity contribution in [3.05, 3.63) is 29.8 Å². The number of piperidine rings is 1. The minimum absolute atomic E-state index is 0.600. The van der Waals surface area contributed by atoms with E-state index in [-0.39, 0.29) is 0 Å². The molecule has 0 spiro atoms. The molecule has 2 atom stereocenters. The third kappa shape index (κ3) is 3.24. The SMILES string of the molecule is CCNC1CC(c2cccc(OC)c2)CN(C)C1. The van der Waals surface area contributed by atoms with E-state index in [1.807, 2.05) is 6.07 Å². The summed E-state index contributed by atoms with van der Waals surface area (Å²) >= 11 is 0. The van der Waals surface area contributed by atoms with Gasteiger partial charge < -0.3 is 15.0 Å². The van der Waals surface area contributed by atoms with Crippen LogP contribution in [0.3, 0.4) is 0 Å². The normalized spacial score (nSPS) is 25.1. The van der Waals surface area contributed by atoms with Gasteiger partial charge in [-0.2, -0.15) is 0 Å². The smallest absolute Gasteiger partial charge is 0.119 e. The van der Waals surface area contributed by atoms with Gasteiger partial charge in [-0.25, -0.2) is 0 Å². The van der Waals surface area contributed by atoms with Crippen molar-refractivity contribution in [1.29, 1.82) is 0 Å². The molecule has 1 N–H and O–H groups in total. The Balaban J connectivity index is 2.10. The summed E-state index contributed by atoms with van der Waals surface area (Å²) in [5.74, 6) is 1.56. The molecule has 3 nitrogen and oxygen atoms in total. The van der Waals surface area contributed by atoms with Crippen LogP contribution in [-0.2, 0) is 0 Å². The minimum atomic E-state index is 0.600. The molecule has 1 saturated heterocycles. The summed E-state index contributed by atoms with van der Waals surface area (Å²) in [5.41, 5.74) is 1.39. The van der Waals surface area contributed by atoms with E-state index in [1.54, 1.807) is 7.11 Å². The Kier molecular flexibility index (Phi) is 4.61. The lowest BCUT2D eigenvalue weighted by Crippen LogP contribution is -2.46. The second kappa shape index (κ2) is 6.21. The summed E-state index contributed by atoms with van der Waals surface area (Å²) in [4.78, 5) is 2.42. The van der Waals surface area contributed by atoms with Crippen molar-refractivity contribution in [1.82, 2.24) is 10.2 Å². The number of ether oxygens (including phenoxy) is 1. The number of hydrogen-bond donors (Lipinski definition) is 1. The van der Waals surface area contributed by atoms with Crippen molar-refractivity contribution < 1.29 is 4.74 Å². The minimum Gasteiger partial charge on any atom is -0.497 e. The Morgan fingerprint density at radius 3 is 2.94 bits per heavy atom. The highest BCUT2D eigenvalue weighted by Gasteiger charge is 2.25. The molecule has 1 fully saturated rings. The van der Waals surface area contributed by atoms with Gasteiger partial charge in [0.2, 0.25) is 0 Å². The van der Waals surface area contributed by atoms with Gasteiger partial charge in [0.1, 0.15) is 5.75 Å². The Morgan fingerprint density at radius 2 is 2.22 bits per heavy atom. The van der Waals surface area contributed by atoms with Gasteiger partial charge in [0.05, 0.1) is 7.11 Å². The number of likely N-dealkylation sites (tertiary alicyclic amines) is 1. The van der Waals surface area contributed by atoms with E-state index < -0.39 is 0 Å². The molecule has 0 aromatic heterocycles. The first kappa shape index (κ1) is 13.4. The Labute approximate surface area is 110 Å². The summed E-state index contributed by atoms with van der Waals surface area (Å²) in [5, 5.41) is 3.57. The van der Waals surface area contributed by atoms with Crippen molar-refractivity contribution in [2.45, 2.75) is 25.3 Å². The zero-order valence-electron chi connectivity index (χ0n) is 11.6. The molecule has 1 aromatic rings. The standard InChI is InChI=1S/C15H24N2O/c1-4-16-14-8-13(10-17(2)11-14)12-6-5-7-15(9-12)18-3/h5-7,9,13-14,16H,4,8,10-11H2,1-3H3. The molecule has 18 heavy (non-hydrogen) atoms. The maximum absolute atomic E-state index is 5.32. The van der Waals surface area contributed by atoms with Crippen molar-refractivity contribution in [2.75, 3.05) is 33.8 Å². The predicted octanol–water partition coefficient (Wildman–Crippen LogP) is 2.09. The molecule has 1 heterocycles. The highest BCUT2D eigenvalue weighted by molar-refractivity contribution is 5.31. The van der Waals surface area contributed by atoms with Gasteiger partial charge in [0.25, 0.3) is 0 Å². The first-order valence-electron chi connectivity index (χ1n) is 6.78. The third-order valence-electron chi connectivity index (χ3n) is 3.69. The first-order valence-corrected chi connectivity index (χ1v) is 6.78. The van der Waals surface area contributed by atoms with E-state index in [1.165, 1.54) is 12.0 Å². The van der Waals surface area contributed by atoms with Crippen LogP contribution >= 0.6 is 0 Å². The molecule has 2 unspecified atom stereocenters. The average Bonchev–Trinajstić information content (AvgIpc) is 2.38. The Morgan fingerprint density at radius 1 is 1.39 bits per heavy atom. The second-order valence-corrected chi connectivity index (χ2v) is 5.19. The van der Waals surface area contributed by atoms with Gasteiger partial charge in [0, 0.05) is 19.1 Å². The summed E-state index contributed by atoms with van der Waals surface area (Å²) in [6.07, 6.45) is 1.21. The second-order valence-electron chi connectivity index (χ2n) is 5.19. The van der Waals surface area contributed by atoms with Gasteiger partial charge >= 0.3 is 0 Å². The monoisotopic (exact) mass is 248 g/mol. The number of methoxy groups -OCH3 is 1. The van der Waals surface area contributed by atoms with Gasteiger partial charge in [-0.15, -0.1) is 0 Å². The van der Waals surface area contributed by atoms with Crippen molar-refractivity contribution in [2.24, 2.45) is 0 Å². The lowest BCUT2D eigenvalue weighted by Gasteiger charge is -2.36. The number of rotatable bonds is 4. The van der Waals surface area contributed by atoms with Crippen LogP contribution in [0.4, 0.5) is 0 Å². The van der Waals surface area contributed by atoms with Gasteiger partial charge in [-0.05, 0) is 43.6 Å². The van der Waals surface area contributed by atoms with Crippen LogP contribution in [0.25, 0.3) is 0 Å². The van der Waals surface area contributed by atoms with Crippen LogP contribution in [0.15, 0.2) is 24.3 Å². The Hall–Kier alpha value is -1.06. The highest BCUT2D eigenvalue weighted by atomic mass is 16.5. The molecule has 0 aliphatic carbocycles. The third-order valence-corrected chi connectivity index (χ3v) is 3.69. The van der Waals surface area contributed by atoms with Crippen LogP contribution in [0.1, 0.15) is 24.8 Å². The fourth-order valence-electron chi connectivity index (χ4n) is 2.89. The fourth-order valence-corrected chi connectivity index (χ4v) is 2.89.